The highest BCUT2D eigenvalue weighted by Crippen LogP contribution is 2.38. The number of piperazine rings is 1. The quantitative estimate of drug-likeness (QED) is 0.917. The highest BCUT2D eigenvalue weighted by Gasteiger charge is 2.27. The molecule has 0 saturated carbocycles. The van der Waals surface area contributed by atoms with Gasteiger partial charge in [-0.1, -0.05) is 6.07 Å². The molecule has 18 heavy (non-hydrogen) atoms. The topological polar surface area (TPSA) is 15.3 Å². The van der Waals surface area contributed by atoms with Gasteiger partial charge in [-0.05, 0) is 38.8 Å². The van der Waals surface area contributed by atoms with E-state index in [1.807, 2.05) is 22.7 Å². The van der Waals surface area contributed by atoms with Crippen LogP contribution in [0, 0.1) is 0 Å². The Balaban J connectivity index is 1.96. The molecule has 0 spiro atoms. The highest BCUT2D eigenvalue weighted by molar-refractivity contribution is 9.10. The standard InChI is InChI=1S/C13H15BrN2S2/c14-10-3-9-18-13(10)12(11-2-1-8-17-11)16-6-4-15-5-7-16/h1-3,8-9,12,15H,4-7H2/t12-/m0/s1. The largest absolute Gasteiger partial charge is 0.314 e. The van der Waals surface area contributed by atoms with Gasteiger partial charge in [0, 0.05) is 40.4 Å². The maximum Gasteiger partial charge on any atom is 0.0802 e. The second kappa shape index (κ2) is 5.84. The van der Waals surface area contributed by atoms with E-state index in [4.69, 9.17) is 0 Å². The molecular weight excluding hydrogens is 328 g/mol. The fraction of sp³-hybridized carbons (Fsp3) is 0.385. The normalized spacial score (nSPS) is 18.9. The molecule has 0 amide bonds. The maximum absolute atomic E-state index is 3.69. The SMILES string of the molecule is Brc1ccsc1[C@H](c1cccs1)N1CCNCC1. The van der Waals surface area contributed by atoms with Gasteiger partial charge in [0.1, 0.15) is 0 Å². The van der Waals surface area contributed by atoms with Crippen molar-refractivity contribution in [3.05, 3.63) is 43.2 Å². The minimum Gasteiger partial charge on any atom is -0.314 e. The Hall–Kier alpha value is -0.200. The third-order valence-corrected chi connectivity index (χ3v) is 6.07. The molecule has 2 aromatic rings. The van der Waals surface area contributed by atoms with Gasteiger partial charge < -0.3 is 5.32 Å². The minimum absolute atomic E-state index is 0.418. The first-order chi connectivity index (χ1) is 8.86. The van der Waals surface area contributed by atoms with E-state index < -0.39 is 0 Å². The minimum atomic E-state index is 0.418. The summed E-state index contributed by atoms with van der Waals surface area (Å²) in [5.41, 5.74) is 0. The predicted octanol–water partition coefficient (Wildman–Crippen LogP) is 3.57. The number of halogens is 1. The molecule has 1 aliphatic rings. The zero-order chi connectivity index (χ0) is 12.4. The van der Waals surface area contributed by atoms with Crippen LogP contribution < -0.4 is 5.32 Å². The molecule has 0 aliphatic carbocycles. The van der Waals surface area contributed by atoms with Crippen LogP contribution in [0.15, 0.2) is 33.4 Å². The van der Waals surface area contributed by atoms with E-state index in [1.54, 1.807) is 0 Å². The van der Waals surface area contributed by atoms with Crippen LogP contribution in [0.1, 0.15) is 15.8 Å². The number of nitrogens with one attached hydrogen (secondary N) is 1. The lowest BCUT2D eigenvalue weighted by Crippen LogP contribution is -2.45. The molecule has 1 saturated heterocycles. The Morgan fingerprint density at radius 3 is 2.61 bits per heavy atom. The van der Waals surface area contributed by atoms with Gasteiger partial charge in [0.15, 0.2) is 0 Å². The molecule has 5 heteroatoms. The van der Waals surface area contributed by atoms with Crippen molar-refractivity contribution in [1.82, 2.24) is 10.2 Å². The zero-order valence-corrected chi connectivity index (χ0v) is 13.2. The maximum atomic E-state index is 3.69. The Morgan fingerprint density at radius 2 is 2.00 bits per heavy atom. The van der Waals surface area contributed by atoms with Gasteiger partial charge in [-0.25, -0.2) is 0 Å². The van der Waals surface area contributed by atoms with Crippen molar-refractivity contribution < 1.29 is 0 Å². The van der Waals surface area contributed by atoms with Crippen LogP contribution in [-0.4, -0.2) is 31.1 Å². The molecule has 0 bridgehead atoms. The van der Waals surface area contributed by atoms with Gasteiger partial charge in [-0.2, -0.15) is 0 Å². The third kappa shape index (κ3) is 2.56. The van der Waals surface area contributed by atoms with Gasteiger partial charge in [-0.3, -0.25) is 4.90 Å². The second-order valence-electron chi connectivity index (χ2n) is 4.34. The summed E-state index contributed by atoms with van der Waals surface area (Å²) < 4.78 is 1.24. The number of rotatable bonds is 3. The summed E-state index contributed by atoms with van der Waals surface area (Å²) in [6, 6.07) is 6.98. The zero-order valence-electron chi connectivity index (χ0n) is 9.93. The molecule has 2 nitrogen and oxygen atoms in total. The molecule has 3 heterocycles. The molecule has 96 valence electrons. The highest BCUT2D eigenvalue weighted by atomic mass is 79.9. The molecule has 0 unspecified atom stereocenters. The van der Waals surface area contributed by atoms with Crippen molar-refractivity contribution in [2.75, 3.05) is 26.2 Å². The smallest absolute Gasteiger partial charge is 0.0802 e. The molecule has 1 atom stereocenters. The van der Waals surface area contributed by atoms with Gasteiger partial charge >= 0.3 is 0 Å². The Kier molecular flexibility index (Phi) is 4.16. The summed E-state index contributed by atoms with van der Waals surface area (Å²) in [7, 11) is 0. The monoisotopic (exact) mass is 342 g/mol. The van der Waals surface area contributed by atoms with Crippen LogP contribution in [0.4, 0.5) is 0 Å². The van der Waals surface area contributed by atoms with Crippen molar-refractivity contribution in [3.8, 4) is 0 Å². The number of hydrogen-bond acceptors (Lipinski definition) is 4. The van der Waals surface area contributed by atoms with Crippen LogP contribution in [0.5, 0.6) is 0 Å². The summed E-state index contributed by atoms with van der Waals surface area (Å²) in [4.78, 5) is 5.46. The van der Waals surface area contributed by atoms with E-state index in [9.17, 15) is 0 Å². The molecule has 2 aromatic heterocycles. The van der Waals surface area contributed by atoms with Crippen LogP contribution in [0.2, 0.25) is 0 Å². The molecule has 3 rings (SSSR count). The van der Waals surface area contributed by atoms with E-state index in [2.05, 4.69) is 55.1 Å². The molecule has 1 N–H and O–H groups in total. The third-order valence-electron chi connectivity index (χ3n) is 3.22. The lowest BCUT2D eigenvalue weighted by molar-refractivity contribution is 0.202. The van der Waals surface area contributed by atoms with E-state index in [0.29, 0.717) is 6.04 Å². The summed E-state index contributed by atoms with van der Waals surface area (Å²) in [5.74, 6) is 0. The summed E-state index contributed by atoms with van der Waals surface area (Å²) in [6.45, 7) is 4.41. The Labute approximate surface area is 124 Å². The van der Waals surface area contributed by atoms with Crippen LogP contribution >= 0.6 is 38.6 Å². The first kappa shape index (κ1) is 12.8. The predicted molar refractivity (Wildman–Crippen MR) is 82.6 cm³/mol. The van der Waals surface area contributed by atoms with E-state index in [-0.39, 0.29) is 0 Å². The molecular formula is C13H15BrN2S2. The molecule has 1 aliphatic heterocycles. The van der Waals surface area contributed by atoms with Crippen LogP contribution in [-0.2, 0) is 0 Å². The van der Waals surface area contributed by atoms with Crippen molar-refractivity contribution >= 4 is 38.6 Å². The average molecular weight is 343 g/mol. The molecule has 0 aromatic carbocycles. The van der Waals surface area contributed by atoms with Crippen LogP contribution in [0.3, 0.4) is 0 Å². The number of nitrogens with zero attached hydrogens (tertiary/aromatic N) is 1. The van der Waals surface area contributed by atoms with Crippen molar-refractivity contribution in [1.29, 1.82) is 0 Å². The lowest BCUT2D eigenvalue weighted by atomic mass is 10.1. The first-order valence-corrected chi connectivity index (χ1v) is 8.62. The fourth-order valence-electron chi connectivity index (χ4n) is 2.36. The van der Waals surface area contributed by atoms with E-state index >= 15 is 0 Å². The fourth-order valence-corrected chi connectivity index (χ4v) is 5.05. The van der Waals surface area contributed by atoms with Gasteiger partial charge in [0.2, 0.25) is 0 Å². The lowest BCUT2D eigenvalue weighted by Gasteiger charge is -2.34. The molecule has 0 radical (unpaired) electrons. The molecule has 1 fully saturated rings. The van der Waals surface area contributed by atoms with Crippen molar-refractivity contribution in [3.63, 3.8) is 0 Å². The number of hydrogen-bond donors (Lipinski definition) is 1. The van der Waals surface area contributed by atoms with Gasteiger partial charge in [-0.15, -0.1) is 22.7 Å². The summed E-state index contributed by atoms with van der Waals surface area (Å²) in [6.07, 6.45) is 0. The van der Waals surface area contributed by atoms with E-state index in [0.717, 1.165) is 26.2 Å². The summed E-state index contributed by atoms with van der Waals surface area (Å²) in [5, 5.41) is 7.77. The number of thiophene rings is 2. The van der Waals surface area contributed by atoms with Crippen molar-refractivity contribution in [2.24, 2.45) is 0 Å². The van der Waals surface area contributed by atoms with Gasteiger partial charge in [0.05, 0.1) is 6.04 Å². The summed E-state index contributed by atoms with van der Waals surface area (Å²) >= 11 is 7.39. The van der Waals surface area contributed by atoms with Gasteiger partial charge in [0.25, 0.3) is 0 Å². The second-order valence-corrected chi connectivity index (χ2v) is 7.12. The van der Waals surface area contributed by atoms with Crippen molar-refractivity contribution in [2.45, 2.75) is 6.04 Å². The Morgan fingerprint density at radius 1 is 1.17 bits per heavy atom. The first-order valence-electron chi connectivity index (χ1n) is 6.07. The Bertz CT molecular complexity index is 489. The average Bonchev–Trinajstić information content (AvgIpc) is 3.05. The van der Waals surface area contributed by atoms with E-state index in [1.165, 1.54) is 14.2 Å². The van der Waals surface area contributed by atoms with Crippen LogP contribution in [0.25, 0.3) is 0 Å².